The number of imidazole rings is 1. The van der Waals surface area contributed by atoms with Gasteiger partial charge in [0.05, 0.1) is 29.4 Å². The number of rotatable bonds is 6. The quantitative estimate of drug-likeness (QED) is 0.180. The second kappa shape index (κ2) is 10.1. The van der Waals surface area contributed by atoms with Crippen molar-refractivity contribution in [2.45, 2.75) is 12.5 Å². The van der Waals surface area contributed by atoms with Gasteiger partial charge in [-0.05, 0) is 47.9 Å². The van der Waals surface area contributed by atoms with Gasteiger partial charge in [-0.3, -0.25) is 14.8 Å². The van der Waals surface area contributed by atoms with E-state index in [4.69, 9.17) is 4.74 Å². The Hall–Kier alpha value is -5.56. The van der Waals surface area contributed by atoms with Gasteiger partial charge >= 0.3 is 5.97 Å². The smallest absolute Gasteiger partial charge is 0.376 e. The number of nitrogens with one attached hydrogen (secondary N) is 1. The fourth-order valence-electron chi connectivity index (χ4n) is 5.91. The molecule has 4 aromatic carbocycles. The van der Waals surface area contributed by atoms with Gasteiger partial charge in [0.25, 0.3) is 0 Å². The van der Waals surface area contributed by atoms with Gasteiger partial charge in [0.1, 0.15) is 5.54 Å². The lowest BCUT2D eigenvalue weighted by atomic mass is 9.77. The van der Waals surface area contributed by atoms with E-state index in [0.717, 1.165) is 44.5 Å². The number of carbonyl (C=O) groups is 1. The van der Waals surface area contributed by atoms with Crippen molar-refractivity contribution < 1.29 is 9.53 Å². The molecule has 3 aromatic heterocycles. The number of aryl methyl sites for hydroxylation is 1. The summed E-state index contributed by atoms with van der Waals surface area (Å²) >= 11 is 0. The van der Waals surface area contributed by atoms with Crippen molar-refractivity contribution in [3.8, 4) is 11.3 Å². The monoisotopic (exact) mass is 549 g/mol. The van der Waals surface area contributed by atoms with Gasteiger partial charge < -0.3 is 4.74 Å². The molecule has 7 aromatic rings. The summed E-state index contributed by atoms with van der Waals surface area (Å²) in [5.74, 6) is -0.528. The topological polar surface area (TPSA) is 85.7 Å². The van der Waals surface area contributed by atoms with Crippen LogP contribution < -0.4 is 0 Å². The third-order valence-corrected chi connectivity index (χ3v) is 7.74. The molecular weight excluding hydrogens is 522 g/mol. The van der Waals surface area contributed by atoms with Crippen LogP contribution in [-0.2, 0) is 10.3 Å². The minimum absolute atomic E-state index is 0.0393. The van der Waals surface area contributed by atoms with Gasteiger partial charge in [-0.2, -0.15) is 0 Å². The molecule has 3 heterocycles. The zero-order valence-corrected chi connectivity index (χ0v) is 23.2. The highest BCUT2D eigenvalue weighted by molar-refractivity contribution is 6.02. The van der Waals surface area contributed by atoms with Crippen molar-refractivity contribution >= 4 is 27.9 Å². The third-order valence-electron chi connectivity index (χ3n) is 7.74. The fraction of sp³-hybridized carbons (Fsp3) is 0.0857. The maximum absolute atomic E-state index is 12.4. The number of aromatic nitrogens is 5. The zero-order chi connectivity index (χ0) is 28.7. The first-order valence-electron chi connectivity index (χ1n) is 13.7. The first kappa shape index (κ1) is 25.4. The van der Waals surface area contributed by atoms with Crippen LogP contribution in [0.4, 0.5) is 0 Å². The van der Waals surface area contributed by atoms with E-state index in [1.807, 2.05) is 49.5 Å². The Morgan fingerprint density at radius 3 is 1.83 bits per heavy atom. The summed E-state index contributed by atoms with van der Waals surface area (Å²) in [5.41, 5.74) is 7.38. The summed E-state index contributed by atoms with van der Waals surface area (Å²) in [6.07, 6.45) is 1.82. The molecular formula is C35H27N5O2. The molecule has 0 aliphatic carbocycles. The predicted octanol–water partition coefficient (Wildman–Crippen LogP) is 6.91. The second-order valence-electron chi connectivity index (χ2n) is 10.2. The van der Waals surface area contributed by atoms with Crippen molar-refractivity contribution in [1.29, 1.82) is 0 Å². The van der Waals surface area contributed by atoms with Gasteiger partial charge in [-0.15, -0.1) is 0 Å². The number of methoxy groups -OCH3 is 1. The van der Waals surface area contributed by atoms with Crippen molar-refractivity contribution in [2.75, 3.05) is 7.11 Å². The molecule has 204 valence electrons. The zero-order valence-electron chi connectivity index (χ0n) is 23.2. The number of pyridine rings is 1. The predicted molar refractivity (Wildman–Crippen MR) is 163 cm³/mol. The number of fused-ring (bicyclic) bond motifs is 2. The SMILES string of the molecule is COC(=O)c1nc2cc3c(-c4ccnc(C)c4)[nH]n(C(c4ccccc4)(c4ccccc4)c4ccccc4)c3cc2n1. The molecule has 0 fully saturated rings. The van der Waals surface area contributed by atoms with Crippen LogP contribution in [0.15, 0.2) is 121 Å². The van der Waals surface area contributed by atoms with E-state index in [1.165, 1.54) is 7.11 Å². The molecule has 0 aliphatic heterocycles. The van der Waals surface area contributed by atoms with E-state index in [-0.39, 0.29) is 5.82 Å². The Morgan fingerprint density at radius 2 is 1.31 bits per heavy atom. The maximum Gasteiger partial charge on any atom is 0.376 e. The number of esters is 1. The summed E-state index contributed by atoms with van der Waals surface area (Å²) in [5, 5.41) is 4.77. The molecule has 7 nitrogen and oxygen atoms in total. The number of benzene rings is 4. The largest absolute Gasteiger partial charge is 0.463 e. The molecule has 0 spiro atoms. The molecule has 0 amide bonds. The lowest BCUT2D eigenvalue weighted by molar-refractivity contribution is 0.0588. The van der Waals surface area contributed by atoms with E-state index in [9.17, 15) is 4.79 Å². The minimum Gasteiger partial charge on any atom is -0.463 e. The van der Waals surface area contributed by atoms with Crippen LogP contribution >= 0.6 is 0 Å². The third kappa shape index (κ3) is 3.97. The van der Waals surface area contributed by atoms with E-state index in [1.54, 1.807) is 0 Å². The number of ether oxygens (including phenoxy) is 1. The summed E-state index contributed by atoms with van der Waals surface area (Å²) in [7, 11) is 1.33. The van der Waals surface area contributed by atoms with E-state index < -0.39 is 11.5 Å². The van der Waals surface area contributed by atoms with Crippen LogP contribution in [-0.4, -0.2) is 37.8 Å². The van der Waals surface area contributed by atoms with Crippen LogP contribution in [0.1, 0.15) is 33.0 Å². The van der Waals surface area contributed by atoms with E-state index in [2.05, 4.69) is 104 Å². The van der Waals surface area contributed by atoms with Crippen molar-refractivity contribution in [2.24, 2.45) is 0 Å². The Kier molecular flexibility index (Phi) is 6.12. The Labute approximate surface area is 242 Å². The Bertz CT molecular complexity index is 1950. The second-order valence-corrected chi connectivity index (χ2v) is 10.2. The van der Waals surface area contributed by atoms with Gasteiger partial charge in [0, 0.05) is 22.8 Å². The van der Waals surface area contributed by atoms with Crippen LogP contribution in [0, 0.1) is 6.92 Å². The van der Waals surface area contributed by atoms with Gasteiger partial charge in [0.2, 0.25) is 5.82 Å². The average Bonchev–Trinajstić information content (AvgIpc) is 3.63. The summed E-state index contributed by atoms with van der Waals surface area (Å²) in [4.78, 5) is 25.8. The first-order valence-corrected chi connectivity index (χ1v) is 13.7. The molecule has 7 rings (SSSR count). The standard InChI is InChI=1S/C35H27N5O2/c1-23-20-24(18-19-36-23)32-28-21-29-30(38-33(37-29)34(41)42-2)22-31(28)40(39-32)35(25-12-6-3-7-13-25,26-14-8-4-9-15-26)27-16-10-5-11-17-27/h3-22,39H,1-2H3. The van der Waals surface area contributed by atoms with Gasteiger partial charge in [-0.25, -0.2) is 14.8 Å². The Morgan fingerprint density at radius 1 is 0.762 bits per heavy atom. The number of hydrogen-bond donors (Lipinski definition) is 1. The summed E-state index contributed by atoms with van der Waals surface area (Å²) in [6.45, 7) is 1.98. The number of aromatic amines is 1. The maximum atomic E-state index is 12.4. The number of H-pyrrole nitrogens is 1. The van der Waals surface area contributed by atoms with Crippen molar-refractivity contribution in [3.05, 3.63) is 150 Å². The summed E-state index contributed by atoms with van der Waals surface area (Å²) in [6, 6.07) is 39.5. The van der Waals surface area contributed by atoms with Crippen LogP contribution in [0.5, 0.6) is 0 Å². The number of nitrogens with zero attached hydrogens (tertiary/aromatic N) is 4. The molecule has 0 atom stereocenters. The summed E-state index contributed by atoms with van der Waals surface area (Å²) < 4.78 is 7.14. The van der Waals surface area contributed by atoms with Gasteiger partial charge in [0.15, 0.2) is 0 Å². The van der Waals surface area contributed by atoms with Crippen molar-refractivity contribution in [3.63, 3.8) is 0 Å². The van der Waals surface area contributed by atoms with E-state index in [0.29, 0.717) is 11.0 Å². The first-order chi connectivity index (χ1) is 20.6. The normalized spacial score (nSPS) is 11.7. The fourth-order valence-corrected chi connectivity index (χ4v) is 5.91. The highest BCUT2D eigenvalue weighted by Gasteiger charge is 2.40. The number of hydrogen-bond acceptors (Lipinski definition) is 5. The highest BCUT2D eigenvalue weighted by atomic mass is 16.5. The minimum atomic E-state index is -0.790. The Balaban J connectivity index is 1.66. The molecule has 0 saturated heterocycles. The van der Waals surface area contributed by atoms with Crippen LogP contribution in [0.25, 0.3) is 33.2 Å². The average molecular weight is 550 g/mol. The van der Waals surface area contributed by atoms with Crippen LogP contribution in [0.2, 0.25) is 0 Å². The molecule has 42 heavy (non-hydrogen) atoms. The highest BCUT2D eigenvalue weighted by Crippen LogP contribution is 2.44. The lowest BCUT2D eigenvalue weighted by Gasteiger charge is -2.37. The molecule has 0 aliphatic rings. The number of carbonyl (C=O) groups excluding carboxylic acids is 1. The molecule has 0 bridgehead atoms. The molecule has 0 unspecified atom stereocenters. The lowest BCUT2D eigenvalue weighted by Crippen LogP contribution is -2.38. The molecule has 0 saturated carbocycles. The molecule has 0 radical (unpaired) electrons. The van der Waals surface area contributed by atoms with Gasteiger partial charge in [-0.1, -0.05) is 91.0 Å². The van der Waals surface area contributed by atoms with Crippen LogP contribution in [0.3, 0.4) is 0 Å². The molecule has 7 heteroatoms. The molecule has 1 N–H and O–H groups in total. The van der Waals surface area contributed by atoms with Crippen molar-refractivity contribution in [1.82, 2.24) is 24.7 Å². The van der Waals surface area contributed by atoms with E-state index >= 15 is 0 Å².